The highest BCUT2D eigenvalue weighted by Crippen LogP contribution is 2.28. The molecule has 0 N–H and O–H groups in total. The van der Waals surface area contributed by atoms with Crippen LogP contribution in [0.25, 0.3) is 0 Å². The Labute approximate surface area is 110 Å². The molecule has 0 aliphatic carbocycles. The van der Waals surface area contributed by atoms with Gasteiger partial charge in [0.05, 0.1) is 22.6 Å². The first-order valence-corrected chi connectivity index (χ1v) is 7.49. The number of hydrogen-bond acceptors (Lipinski definition) is 5. The summed E-state index contributed by atoms with van der Waals surface area (Å²) in [5.74, 6) is 0. The van der Waals surface area contributed by atoms with E-state index in [0.717, 1.165) is 5.01 Å². The molecular formula is C10H14N4O2S2. The Bertz CT molecular complexity index is 672. The summed E-state index contributed by atoms with van der Waals surface area (Å²) in [4.78, 5) is 4.15. The number of anilines is 1. The Kier molecular flexibility index (Phi) is 3.16. The predicted molar refractivity (Wildman–Crippen MR) is 70.4 cm³/mol. The molecule has 0 saturated carbocycles. The van der Waals surface area contributed by atoms with E-state index in [9.17, 15) is 8.42 Å². The summed E-state index contributed by atoms with van der Waals surface area (Å²) < 4.78 is 27.9. The van der Waals surface area contributed by atoms with E-state index < -0.39 is 10.0 Å². The van der Waals surface area contributed by atoms with Crippen LogP contribution in [0.1, 0.15) is 10.7 Å². The average molecular weight is 286 g/mol. The second kappa shape index (κ2) is 4.36. The van der Waals surface area contributed by atoms with Crippen LogP contribution in [-0.4, -0.2) is 30.2 Å². The molecule has 6 nitrogen and oxygen atoms in total. The maximum absolute atomic E-state index is 12.4. The quantitative estimate of drug-likeness (QED) is 0.853. The van der Waals surface area contributed by atoms with Crippen molar-refractivity contribution in [2.24, 2.45) is 7.05 Å². The summed E-state index contributed by atoms with van der Waals surface area (Å²) in [5.41, 5.74) is 1.07. The van der Waals surface area contributed by atoms with Crippen LogP contribution in [-0.2, 0) is 17.1 Å². The molecule has 8 heteroatoms. The van der Waals surface area contributed by atoms with E-state index in [4.69, 9.17) is 0 Å². The summed E-state index contributed by atoms with van der Waals surface area (Å²) >= 11 is 1.18. The summed E-state index contributed by atoms with van der Waals surface area (Å²) in [6.45, 7) is 3.49. The van der Waals surface area contributed by atoms with Gasteiger partial charge in [-0.3, -0.25) is 8.99 Å². The highest BCUT2D eigenvalue weighted by molar-refractivity contribution is 7.94. The van der Waals surface area contributed by atoms with Crippen molar-refractivity contribution < 1.29 is 8.42 Å². The number of thiazole rings is 1. The molecule has 0 aliphatic heterocycles. The molecule has 0 saturated heterocycles. The zero-order valence-corrected chi connectivity index (χ0v) is 12.2. The fourth-order valence-electron chi connectivity index (χ4n) is 1.59. The number of aryl methyl sites for hydroxylation is 3. The van der Waals surface area contributed by atoms with Crippen LogP contribution in [0.5, 0.6) is 0 Å². The lowest BCUT2D eigenvalue weighted by atomic mass is 10.6. The Morgan fingerprint density at radius 2 is 2.06 bits per heavy atom. The molecule has 0 bridgehead atoms. The maximum atomic E-state index is 12.4. The van der Waals surface area contributed by atoms with Crippen molar-refractivity contribution in [3.63, 3.8) is 0 Å². The van der Waals surface area contributed by atoms with Gasteiger partial charge in [0.1, 0.15) is 0 Å². The molecule has 0 fully saturated rings. The van der Waals surface area contributed by atoms with Gasteiger partial charge in [-0.2, -0.15) is 5.10 Å². The molecule has 2 aromatic heterocycles. The van der Waals surface area contributed by atoms with Crippen LogP contribution >= 0.6 is 11.3 Å². The standard InChI is InChI=1S/C10H14N4O2S2/c1-7-10(17-8(2)12-7)18(15,16)14(4)9-5-11-13(3)6-9/h5-6H,1-4H3. The molecule has 0 aliphatic rings. The first kappa shape index (κ1) is 13.0. The van der Waals surface area contributed by atoms with E-state index in [2.05, 4.69) is 10.1 Å². The highest BCUT2D eigenvalue weighted by Gasteiger charge is 2.26. The third-order valence-electron chi connectivity index (χ3n) is 2.51. The van der Waals surface area contributed by atoms with Crippen molar-refractivity contribution in [1.29, 1.82) is 0 Å². The Hall–Kier alpha value is -1.41. The van der Waals surface area contributed by atoms with Crippen molar-refractivity contribution >= 4 is 27.0 Å². The van der Waals surface area contributed by atoms with Gasteiger partial charge in [0.25, 0.3) is 10.0 Å². The van der Waals surface area contributed by atoms with Crippen molar-refractivity contribution in [2.45, 2.75) is 18.1 Å². The Morgan fingerprint density at radius 3 is 2.50 bits per heavy atom. The van der Waals surface area contributed by atoms with Gasteiger partial charge in [-0.1, -0.05) is 0 Å². The van der Waals surface area contributed by atoms with Crippen LogP contribution in [0, 0.1) is 13.8 Å². The lowest BCUT2D eigenvalue weighted by Crippen LogP contribution is -2.26. The second-order valence-corrected chi connectivity index (χ2v) is 7.32. The number of nitrogens with zero attached hydrogens (tertiary/aromatic N) is 4. The monoisotopic (exact) mass is 286 g/mol. The largest absolute Gasteiger partial charge is 0.275 e. The smallest absolute Gasteiger partial charge is 0.274 e. The van der Waals surface area contributed by atoms with Gasteiger partial charge in [0.15, 0.2) is 4.21 Å². The summed E-state index contributed by atoms with van der Waals surface area (Å²) in [6, 6.07) is 0. The summed E-state index contributed by atoms with van der Waals surface area (Å²) in [7, 11) is -0.296. The van der Waals surface area contributed by atoms with E-state index in [1.165, 1.54) is 28.9 Å². The van der Waals surface area contributed by atoms with Gasteiger partial charge < -0.3 is 0 Å². The molecule has 98 valence electrons. The molecule has 0 aromatic carbocycles. The Balaban J connectivity index is 2.46. The average Bonchev–Trinajstić information content (AvgIpc) is 2.84. The number of rotatable bonds is 3. The van der Waals surface area contributed by atoms with Crippen LogP contribution in [0.3, 0.4) is 0 Å². The lowest BCUT2D eigenvalue weighted by Gasteiger charge is -2.16. The zero-order valence-electron chi connectivity index (χ0n) is 10.6. The van der Waals surface area contributed by atoms with Crippen LogP contribution < -0.4 is 4.31 Å². The minimum atomic E-state index is -3.55. The van der Waals surface area contributed by atoms with Gasteiger partial charge in [-0.15, -0.1) is 11.3 Å². The van der Waals surface area contributed by atoms with Gasteiger partial charge >= 0.3 is 0 Å². The minimum absolute atomic E-state index is 0.284. The van der Waals surface area contributed by atoms with Gasteiger partial charge in [0, 0.05) is 20.3 Å². The molecule has 2 rings (SSSR count). The molecule has 0 spiro atoms. The summed E-state index contributed by atoms with van der Waals surface area (Å²) in [6.07, 6.45) is 3.17. The molecule has 2 heterocycles. The molecule has 0 amide bonds. The maximum Gasteiger partial charge on any atom is 0.275 e. The van der Waals surface area contributed by atoms with E-state index in [1.807, 2.05) is 0 Å². The molecule has 0 atom stereocenters. The molecular weight excluding hydrogens is 272 g/mol. The lowest BCUT2D eigenvalue weighted by molar-refractivity contribution is 0.595. The number of sulfonamides is 1. The first-order chi connectivity index (χ1) is 8.32. The van der Waals surface area contributed by atoms with E-state index >= 15 is 0 Å². The van der Waals surface area contributed by atoms with Gasteiger partial charge in [-0.05, 0) is 13.8 Å². The van der Waals surface area contributed by atoms with Crippen LogP contribution in [0.4, 0.5) is 5.69 Å². The van der Waals surface area contributed by atoms with Crippen LogP contribution in [0.15, 0.2) is 16.6 Å². The fraction of sp³-hybridized carbons (Fsp3) is 0.400. The SMILES string of the molecule is Cc1nc(C)c(S(=O)(=O)N(C)c2cnn(C)c2)s1. The van der Waals surface area contributed by atoms with Crippen LogP contribution in [0.2, 0.25) is 0 Å². The number of hydrogen-bond donors (Lipinski definition) is 0. The summed E-state index contributed by atoms with van der Waals surface area (Å²) in [5, 5.41) is 4.71. The zero-order chi connectivity index (χ0) is 13.5. The Morgan fingerprint density at radius 1 is 1.39 bits per heavy atom. The van der Waals surface area contributed by atoms with E-state index in [0.29, 0.717) is 11.4 Å². The van der Waals surface area contributed by atoms with E-state index in [1.54, 1.807) is 31.8 Å². The minimum Gasteiger partial charge on any atom is -0.274 e. The number of aromatic nitrogens is 3. The second-order valence-electron chi connectivity index (χ2n) is 3.95. The van der Waals surface area contributed by atoms with E-state index in [-0.39, 0.29) is 4.21 Å². The van der Waals surface area contributed by atoms with Crippen molar-refractivity contribution in [3.05, 3.63) is 23.1 Å². The third kappa shape index (κ3) is 2.13. The van der Waals surface area contributed by atoms with Crippen molar-refractivity contribution in [1.82, 2.24) is 14.8 Å². The molecule has 18 heavy (non-hydrogen) atoms. The van der Waals surface area contributed by atoms with Crippen molar-refractivity contribution in [3.8, 4) is 0 Å². The topological polar surface area (TPSA) is 68.1 Å². The fourth-order valence-corrected chi connectivity index (χ4v) is 4.39. The first-order valence-electron chi connectivity index (χ1n) is 5.24. The molecule has 2 aromatic rings. The molecule has 0 unspecified atom stereocenters. The highest BCUT2D eigenvalue weighted by atomic mass is 32.2. The van der Waals surface area contributed by atoms with Gasteiger partial charge in [-0.25, -0.2) is 13.4 Å². The third-order valence-corrected chi connectivity index (χ3v) is 5.96. The predicted octanol–water partition coefficient (Wildman–Crippen LogP) is 1.32. The van der Waals surface area contributed by atoms with Crippen molar-refractivity contribution in [2.75, 3.05) is 11.4 Å². The van der Waals surface area contributed by atoms with Gasteiger partial charge in [0.2, 0.25) is 0 Å². The normalized spacial score (nSPS) is 11.8. The molecule has 0 radical (unpaired) electrons.